The summed E-state index contributed by atoms with van der Waals surface area (Å²) in [5.74, 6) is -1.21. The van der Waals surface area contributed by atoms with Crippen LogP contribution in [0.5, 0.6) is 0 Å². The van der Waals surface area contributed by atoms with E-state index in [2.05, 4.69) is 12.2 Å². The monoisotopic (exact) mass is 362 g/mol. The Kier molecular flexibility index (Phi) is 7.82. The lowest BCUT2D eigenvalue weighted by Crippen LogP contribution is -2.41. The molecule has 1 aromatic rings. The van der Waals surface area contributed by atoms with Crippen molar-refractivity contribution in [3.05, 3.63) is 47.5 Å². The van der Waals surface area contributed by atoms with Gasteiger partial charge in [-0.2, -0.15) is 0 Å². The van der Waals surface area contributed by atoms with Gasteiger partial charge < -0.3 is 19.7 Å². The Morgan fingerprint density at radius 1 is 1.27 bits per heavy atom. The zero-order chi connectivity index (χ0) is 19.0. The van der Waals surface area contributed by atoms with Gasteiger partial charge >= 0.3 is 5.97 Å². The molecular formula is C21H30O5. The van der Waals surface area contributed by atoms with E-state index in [-0.39, 0.29) is 25.0 Å². The highest BCUT2D eigenvalue weighted by Crippen LogP contribution is 2.39. The SMILES string of the molecule is CC1(C)OC[C@@H](CC=CCCCCC(=O)O)[C@@H](c2ccccc2CO)O1. The molecule has 1 saturated heterocycles. The molecule has 5 nitrogen and oxygen atoms in total. The molecule has 0 bridgehead atoms. The highest BCUT2D eigenvalue weighted by Gasteiger charge is 2.37. The summed E-state index contributed by atoms with van der Waals surface area (Å²) in [6.45, 7) is 4.41. The number of unbranched alkanes of at least 4 members (excludes halogenated alkanes) is 2. The summed E-state index contributed by atoms with van der Waals surface area (Å²) in [7, 11) is 0. The predicted octanol–water partition coefficient (Wildman–Crippen LogP) is 4.21. The third kappa shape index (κ3) is 6.24. The van der Waals surface area contributed by atoms with Crippen LogP contribution in [0.15, 0.2) is 36.4 Å². The summed E-state index contributed by atoms with van der Waals surface area (Å²) in [5, 5.41) is 18.3. The first-order valence-corrected chi connectivity index (χ1v) is 9.30. The van der Waals surface area contributed by atoms with Crippen LogP contribution >= 0.6 is 0 Å². The summed E-state index contributed by atoms with van der Waals surface area (Å²) >= 11 is 0. The van der Waals surface area contributed by atoms with Crippen molar-refractivity contribution >= 4 is 5.97 Å². The van der Waals surface area contributed by atoms with Crippen molar-refractivity contribution in [2.24, 2.45) is 5.92 Å². The normalized spacial score (nSPS) is 22.6. The second-order valence-electron chi connectivity index (χ2n) is 7.21. The number of carboxylic acids is 1. The third-order valence-corrected chi connectivity index (χ3v) is 4.63. The fourth-order valence-corrected chi connectivity index (χ4v) is 3.22. The second kappa shape index (κ2) is 9.86. The van der Waals surface area contributed by atoms with Crippen LogP contribution in [0.4, 0.5) is 0 Å². The van der Waals surface area contributed by atoms with E-state index in [0.29, 0.717) is 13.0 Å². The maximum atomic E-state index is 10.5. The Bertz CT molecular complexity index is 608. The number of carbonyl (C=O) groups is 1. The van der Waals surface area contributed by atoms with Crippen molar-refractivity contribution in [1.29, 1.82) is 0 Å². The minimum absolute atomic E-state index is 0.0105. The molecule has 1 heterocycles. The third-order valence-electron chi connectivity index (χ3n) is 4.63. The quantitative estimate of drug-likeness (QED) is 0.508. The highest BCUT2D eigenvalue weighted by molar-refractivity contribution is 5.66. The minimum Gasteiger partial charge on any atom is -0.481 e. The molecule has 0 radical (unpaired) electrons. The van der Waals surface area contributed by atoms with E-state index in [0.717, 1.165) is 30.4 Å². The van der Waals surface area contributed by atoms with Gasteiger partial charge in [0.1, 0.15) is 0 Å². The van der Waals surface area contributed by atoms with Crippen molar-refractivity contribution in [2.45, 2.75) is 64.4 Å². The topological polar surface area (TPSA) is 76.0 Å². The van der Waals surface area contributed by atoms with Crippen molar-refractivity contribution in [1.82, 2.24) is 0 Å². The van der Waals surface area contributed by atoms with Gasteiger partial charge in [-0.15, -0.1) is 0 Å². The van der Waals surface area contributed by atoms with E-state index < -0.39 is 11.8 Å². The molecule has 1 aliphatic rings. The number of allylic oxidation sites excluding steroid dienone is 2. The van der Waals surface area contributed by atoms with Crippen LogP contribution in [-0.2, 0) is 20.9 Å². The van der Waals surface area contributed by atoms with Crippen LogP contribution in [0.25, 0.3) is 0 Å². The number of ether oxygens (including phenoxy) is 2. The molecule has 0 amide bonds. The molecule has 0 spiro atoms. The minimum atomic E-state index is -0.738. The molecule has 1 fully saturated rings. The van der Waals surface area contributed by atoms with Gasteiger partial charge in [-0.05, 0) is 50.7 Å². The highest BCUT2D eigenvalue weighted by atomic mass is 16.7. The fraction of sp³-hybridized carbons (Fsp3) is 0.571. The van der Waals surface area contributed by atoms with E-state index >= 15 is 0 Å². The lowest BCUT2D eigenvalue weighted by Gasteiger charge is -2.41. The molecule has 1 aromatic carbocycles. The Balaban J connectivity index is 1.97. The molecular weight excluding hydrogens is 332 g/mol. The smallest absolute Gasteiger partial charge is 0.303 e. The van der Waals surface area contributed by atoms with Gasteiger partial charge in [0, 0.05) is 12.3 Å². The van der Waals surface area contributed by atoms with Gasteiger partial charge in [-0.1, -0.05) is 36.4 Å². The van der Waals surface area contributed by atoms with Crippen LogP contribution in [0, 0.1) is 5.92 Å². The zero-order valence-corrected chi connectivity index (χ0v) is 15.7. The van der Waals surface area contributed by atoms with E-state index in [1.165, 1.54) is 0 Å². The number of hydrogen-bond donors (Lipinski definition) is 2. The Labute approximate surface area is 155 Å². The Hall–Kier alpha value is -1.69. The maximum Gasteiger partial charge on any atom is 0.303 e. The largest absolute Gasteiger partial charge is 0.481 e. The number of aliphatic hydroxyl groups is 1. The fourth-order valence-electron chi connectivity index (χ4n) is 3.22. The van der Waals surface area contributed by atoms with Gasteiger partial charge in [-0.25, -0.2) is 0 Å². The van der Waals surface area contributed by atoms with Crippen LogP contribution in [0.2, 0.25) is 0 Å². The average Bonchev–Trinajstić information content (AvgIpc) is 2.61. The summed E-state index contributed by atoms with van der Waals surface area (Å²) in [4.78, 5) is 10.5. The lowest BCUT2D eigenvalue weighted by molar-refractivity contribution is -0.295. The lowest BCUT2D eigenvalue weighted by atomic mass is 9.89. The van der Waals surface area contributed by atoms with Crippen LogP contribution < -0.4 is 0 Å². The number of benzene rings is 1. The van der Waals surface area contributed by atoms with E-state index in [4.69, 9.17) is 14.6 Å². The van der Waals surface area contributed by atoms with Gasteiger partial charge in [0.25, 0.3) is 0 Å². The van der Waals surface area contributed by atoms with Crippen LogP contribution in [-0.4, -0.2) is 28.6 Å². The number of aliphatic hydroxyl groups excluding tert-OH is 1. The van der Waals surface area contributed by atoms with Gasteiger partial charge in [0.15, 0.2) is 5.79 Å². The van der Waals surface area contributed by atoms with Gasteiger partial charge in [0.05, 0.1) is 19.3 Å². The van der Waals surface area contributed by atoms with Crippen molar-refractivity contribution in [2.75, 3.05) is 6.61 Å². The first kappa shape index (κ1) is 20.6. The Morgan fingerprint density at radius 2 is 2.04 bits per heavy atom. The Morgan fingerprint density at radius 3 is 2.77 bits per heavy atom. The number of aliphatic carboxylic acids is 1. The molecule has 1 aliphatic heterocycles. The zero-order valence-electron chi connectivity index (χ0n) is 15.7. The summed E-state index contributed by atoms with van der Waals surface area (Å²) in [6, 6.07) is 7.83. The van der Waals surface area contributed by atoms with Crippen molar-refractivity contribution in [3.63, 3.8) is 0 Å². The molecule has 26 heavy (non-hydrogen) atoms. The molecule has 0 saturated carbocycles. The average molecular weight is 362 g/mol. The van der Waals surface area contributed by atoms with Crippen LogP contribution in [0.3, 0.4) is 0 Å². The number of rotatable bonds is 9. The summed E-state index contributed by atoms with van der Waals surface area (Å²) in [6.07, 6.45) is 7.62. The molecule has 2 rings (SSSR count). The molecule has 144 valence electrons. The standard InChI is InChI=1S/C21H30O5/c1-21(2)25-15-17(11-6-4-3-5-7-13-19(23)24)20(26-21)18-12-9-8-10-16(18)14-22/h4,6,8-10,12,17,20,22H,3,5,7,11,13-15H2,1-2H3,(H,23,24)/t17-,20+/m1/s1. The van der Waals surface area contributed by atoms with Gasteiger partial charge in [-0.3, -0.25) is 4.79 Å². The molecule has 5 heteroatoms. The van der Waals surface area contributed by atoms with Crippen LogP contribution in [0.1, 0.15) is 63.2 Å². The summed E-state index contributed by atoms with van der Waals surface area (Å²) in [5.41, 5.74) is 1.91. The summed E-state index contributed by atoms with van der Waals surface area (Å²) < 4.78 is 12.0. The second-order valence-corrected chi connectivity index (χ2v) is 7.21. The molecule has 2 N–H and O–H groups in total. The van der Waals surface area contributed by atoms with E-state index in [9.17, 15) is 9.90 Å². The molecule has 0 aromatic heterocycles. The number of carboxylic acid groups (broad SMARTS) is 1. The first-order chi connectivity index (χ1) is 12.4. The van der Waals surface area contributed by atoms with E-state index in [1.54, 1.807) is 0 Å². The van der Waals surface area contributed by atoms with Gasteiger partial charge in [0.2, 0.25) is 0 Å². The number of hydrogen-bond acceptors (Lipinski definition) is 4. The molecule has 0 aliphatic carbocycles. The van der Waals surface area contributed by atoms with Crippen molar-refractivity contribution in [3.8, 4) is 0 Å². The van der Waals surface area contributed by atoms with E-state index in [1.807, 2.05) is 38.1 Å². The molecule has 0 unspecified atom stereocenters. The van der Waals surface area contributed by atoms with Crippen molar-refractivity contribution < 1.29 is 24.5 Å². The first-order valence-electron chi connectivity index (χ1n) is 9.30. The molecule has 2 atom stereocenters. The maximum absolute atomic E-state index is 10.5. The predicted molar refractivity (Wildman–Crippen MR) is 99.6 cm³/mol.